The third-order valence-electron chi connectivity index (χ3n) is 13.0. The van der Waals surface area contributed by atoms with E-state index in [4.69, 9.17) is 43.2 Å². The standard InChI is InChI=1S/C50H60N2O12/c1-3-23-61-50-45(52(49(56)57-4-2)30-33-17-19-43-44(26-33)60-32-59-43)29-41(51-64-46-16-7-10-24-58-46)39-27-35(13-5-8-21-53)38(15-6-9-22-54)47(48(39)50)40-28-37(18-20-42(40)63-50)62-36-14-11-12-34(25-36)31-55/h3,11-12,14,17-20,25-28,31,35,38,45-48,53-54H,1,4-10,13,15-16,21-24,29-30,32H2,2H3/t35-,38+,45-,46?,47+,48+,50+/m0/s1. The van der Waals surface area contributed by atoms with E-state index in [1.165, 1.54) is 0 Å². The van der Waals surface area contributed by atoms with Gasteiger partial charge in [-0.25, -0.2) is 4.79 Å². The number of carbonyl (C=O) groups excluding carboxylic acids is 2. The van der Waals surface area contributed by atoms with E-state index in [2.05, 4.69) is 12.7 Å². The molecule has 1 saturated carbocycles. The first-order valence-electron chi connectivity index (χ1n) is 22.8. The van der Waals surface area contributed by atoms with Gasteiger partial charge in [0.15, 0.2) is 11.5 Å². The molecule has 7 atom stereocenters. The Morgan fingerprint density at radius 3 is 2.56 bits per heavy atom. The average Bonchev–Trinajstić information content (AvgIpc) is 3.79. The van der Waals surface area contributed by atoms with Crippen LogP contribution in [0.1, 0.15) is 98.5 Å². The number of oxime groups is 1. The SMILES string of the molecule is C=CCO[C@@]12Oc3ccc(Oc4cccc(C=O)c4)cc3[C@H]3[C@H](CCCCO)[C@@H](CCCCO)C=C(C(=NOC4CCCCO4)C[C@@H]1N(Cc1ccc4c(c1)OCO4)C(=O)OCC)[C@H]32. The van der Waals surface area contributed by atoms with Gasteiger partial charge in [-0.2, -0.15) is 0 Å². The lowest BCUT2D eigenvalue weighted by molar-refractivity contribution is -0.256. The van der Waals surface area contributed by atoms with Crippen molar-refractivity contribution in [3.63, 3.8) is 0 Å². The summed E-state index contributed by atoms with van der Waals surface area (Å²) in [5.74, 6) is 0.530. The van der Waals surface area contributed by atoms with Crippen LogP contribution in [0.5, 0.6) is 28.7 Å². The minimum Gasteiger partial charge on any atom is -0.459 e. The van der Waals surface area contributed by atoms with Crippen LogP contribution in [0.15, 0.2) is 90.1 Å². The minimum absolute atomic E-state index is 0.00510. The highest BCUT2D eigenvalue weighted by molar-refractivity contribution is 6.03. The van der Waals surface area contributed by atoms with Crippen LogP contribution in [0.4, 0.5) is 4.79 Å². The molecule has 5 aliphatic rings. The summed E-state index contributed by atoms with van der Waals surface area (Å²) >= 11 is 0. The second-order valence-electron chi connectivity index (χ2n) is 17.0. The lowest BCUT2D eigenvalue weighted by Gasteiger charge is -2.59. The van der Waals surface area contributed by atoms with E-state index in [1.54, 1.807) is 36.1 Å². The fourth-order valence-corrected chi connectivity index (χ4v) is 10.2. The number of nitrogens with zero attached hydrogens (tertiary/aromatic N) is 2. The molecule has 2 fully saturated rings. The molecule has 64 heavy (non-hydrogen) atoms. The zero-order chi connectivity index (χ0) is 44.5. The molecule has 0 radical (unpaired) electrons. The molecule has 1 amide bonds. The molecule has 3 aromatic carbocycles. The highest BCUT2D eigenvalue weighted by atomic mass is 16.8. The maximum atomic E-state index is 14.6. The summed E-state index contributed by atoms with van der Waals surface area (Å²) in [4.78, 5) is 34.3. The number of ether oxygens (including phenoxy) is 7. The number of amides is 1. The third kappa shape index (κ3) is 9.65. The molecule has 0 bridgehead atoms. The molecule has 0 spiro atoms. The van der Waals surface area contributed by atoms with Crippen molar-refractivity contribution in [2.75, 3.05) is 39.8 Å². The van der Waals surface area contributed by atoms with Gasteiger partial charge in [-0.1, -0.05) is 48.3 Å². The molecule has 14 heteroatoms. The van der Waals surface area contributed by atoms with Gasteiger partial charge in [0, 0.05) is 49.6 Å². The predicted octanol–water partition coefficient (Wildman–Crippen LogP) is 8.84. The van der Waals surface area contributed by atoms with Gasteiger partial charge in [-0.15, -0.1) is 6.58 Å². The van der Waals surface area contributed by atoms with Crippen LogP contribution >= 0.6 is 0 Å². The Morgan fingerprint density at radius 2 is 1.78 bits per heavy atom. The lowest BCUT2D eigenvalue weighted by Crippen LogP contribution is -2.70. The molecule has 2 N–H and O–H groups in total. The molecule has 3 heterocycles. The van der Waals surface area contributed by atoms with Crippen LogP contribution in [0.3, 0.4) is 0 Å². The molecule has 1 saturated heterocycles. The van der Waals surface area contributed by atoms with Gasteiger partial charge in [0.2, 0.25) is 18.9 Å². The molecule has 342 valence electrons. The van der Waals surface area contributed by atoms with Gasteiger partial charge < -0.3 is 48.2 Å². The van der Waals surface area contributed by atoms with E-state index in [9.17, 15) is 19.8 Å². The number of rotatable bonds is 20. The molecule has 0 aromatic heterocycles. The fourth-order valence-electron chi connectivity index (χ4n) is 10.2. The van der Waals surface area contributed by atoms with Crippen LogP contribution in [0.25, 0.3) is 0 Å². The molecule has 14 nitrogen and oxygen atoms in total. The van der Waals surface area contributed by atoms with Gasteiger partial charge in [-0.05, 0) is 111 Å². The number of fused-ring (bicyclic) bond motifs is 3. The number of aliphatic hydroxyl groups is 2. The fraction of sp³-hybridized carbons (Fsp3) is 0.500. The average molecular weight is 881 g/mol. The van der Waals surface area contributed by atoms with Crippen molar-refractivity contribution in [1.82, 2.24) is 4.90 Å². The number of aldehydes is 1. The Bertz CT molecular complexity index is 2170. The van der Waals surface area contributed by atoms with E-state index in [-0.39, 0.29) is 63.9 Å². The third-order valence-corrected chi connectivity index (χ3v) is 13.0. The second kappa shape index (κ2) is 21.1. The van der Waals surface area contributed by atoms with Crippen molar-refractivity contribution in [2.24, 2.45) is 22.9 Å². The molecule has 1 unspecified atom stereocenters. The van der Waals surface area contributed by atoms with E-state index in [1.807, 2.05) is 42.5 Å². The van der Waals surface area contributed by atoms with E-state index < -0.39 is 30.1 Å². The topological polar surface area (TPSA) is 164 Å². The molecule has 8 rings (SSSR count). The quantitative estimate of drug-likeness (QED) is 0.0481. The van der Waals surface area contributed by atoms with Gasteiger partial charge >= 0.3 is 6.09 Å². The van der Waals surface area contributed by atoms with Gasteiger partial charge in [-0.3, -0.25) is 9.69 Å². The van der Waals surface area contributed by atoms with Gasteiger partial charge in [0.1, 0.15) is 29.6 Å². The van der Waals surface area contributed by atoms with Crippen molar-refractivity contribution < 1.29 is 57.8 Å². The summed E-state index contributed by atoms with van der Waals surface area (Å²) in [6.07, 6.45) is 10.9. The highest BCUT2D eigenvalue weighted by Crippen LogP contribution is 2.62. The second-order valence-corrected chi connectivity index (χ2v) is 17.0. The smallest absolute Gasteiger partial charge is 0.410 e. The first-order valence-corrected chi connectivity index (χ1v) is 22.8. The van der Waals surface area contributed by atoms with Crippen LogP contribution in [0.2, 0.25) is 0 Å². The highest BCUT2D eigenvalue weighted by Gasteiger charge is 2.66. The van der Waals surface area contributed by atoms with Crippen molar-refractivity contribution in [2.45, 2.75) is 102 Å². The number of allylic oxidation sites excluding steroid dienone is 1. The summed E-state index contributed by atoms with van der Waals surface area (Å²) < 4.78 is 44.2. The predicted molar refractivity (Wildman–Crippen MR) is 237 cm³/mol. The van der Waals surface area contributed by atoms with Crippen molar-refractivity contribution in [3.05, 3.63) is 102 Å². The largest absolute Gasteiger partial charge is 0.459 e. The summed E-state index contributed by atoms with van der Waals surface area (Å²) in [6, 6.07) is 17.5. The maximum Gasteiger partial charge on any atom is 0.410 e. The number of aliphatic hydroxyl groups excluding tert-OH is 2. The number of benzene rings is 3. The van der Waals surface area contributed by atoms with E-state index >= 15 is 0 Å². The summed E-state index contributed by atoms with van der Waals surface area (Å²) in [7, 11) is 0. The summed E-state index contributed by atoms with van der Waals surface area (Å²) in [5, 5.41) is 24.9. The monoisotopic (exact) mass is 880 g/mol. The van der Waals surface area contributed by atoms with Gasteiger partial charge in [0.25, 0.3) is 0 Å². The van der Waals surface area contributed by atoms with Crippen LogP contribution < -0.4 is 18.9 Å². The number of unbranched alkanes of at least 4 members (excludes halogenated alkanes) is 2. The Kier molecular flexibility index (Phi) is 14.9. The Hall–Kier alpha value is -5.41. The summed E-state index contributed by atoms with van der Waals surface area (Å²) in [5.41, 5.74) is 3.72. The molecular formula is C50H60N2O12. The Labute approximate surface area is 374 Å². The number of hydrogen-bond donors (Lipinski definition) is 2. The van der Waals surface area contributed by atoms with Crippen LogP contribution in [0, 0.1) is 17.8 Å². The first kappa shape index (κ1) is 45.2. The van der Waals surface area contributed by atoms with E-state index in [0.717, 1.165) is 61.5 Å². The van der Waals surface area contributed by atoms with Crippen LogP contribution in [-0.2, 0) is 25.6 Å². The molecular weight excluding hydrogens is 821 g/mol. The van der Waals surface area contributed by atoms with E-state index in [0.29, 0.717) is 65.9 Å². The lowest BCUT2D eigenvalue weighted by atomic mass is 9.55. The zero-order valence-corrected chi connectivity index (χ0v) is 36.6. The molecule has 3 aromatic rings. The molecule has 2 aliphatic carbocycles. The zero-order valence-electron chi connectivity index (χ0n) is 36.6. The number of carbonyl (C=O) groups is 2. The van der Waals surface area contributed by atoms with Crippen molar-refractivity contribution in [3.8, 4) is 28.7 Å². The Morgan fingerprint density at radius 1 is 0.969 bits per heavy atom. The van der Waals surface area contributed by atoms with Crippen molar-refractivity contribution >= 4 is 18.1 Å². The van der Waals surface area contributed by atoms with Crippen molar-refractivity contribution in [1.29, 1.82) is 0 Å². The maximum absolute atomic E-state index is 14.6. The normalized spacial score (nSPS) is 25.9. The van der Waals surface area contributed by atoms with Crippen LogP contribution in [-0.4, -0.2) is 91.2 Å². The minimum atomic E-state index is -1.51. The van der Waals surface area contributed by atoms with Gasteiger partial charge in [0.05, 0.1) is 31.5 Å². The first-order chi connectivity index (χ1) is 31.4. The molecule has 3 aliphatic heterocycles. The number of hydrogen-bond acceptors (Lipinski definition) is 13. The summed E-state index contributed by atoms with van der Waals surface area (Å²) in [6.45, 7) is 7.00. The Balaban J connectivity index is 1.33.